The first-order valence-electron chi connectivity index (χ1n) is 9.20. The molecule has 5 nitrogen and oxygen atoms in total. The molecule has 0 spiro atoms. The summed E-state index contributed by atoms with van der Waals surface area (Å²) in [5.41, 5.74) is 0. The monoisotopic (exact) mass is 339 g/mol. The highest BCUT2D eigenvalue weighted by Gasteiger charge is 2.42. The van der Waals surface area contributed by atoms with E-state index < -0.39 is 0 Å². The van der Waals surface area contributed by atoms with E-state index in [1.54, 1.807) is 0 Å². The third-order valence-corrected chi connectivity index (χ3v) is 6.81. The summed E-state index contributed by atoms with van der Waals surface area (Å²) in [4.78, 5) is 23.4. The van der Waals surface area contributed by atoms with Crippen molar-refractivity contribution in [2.24, 2.45) is 0 Å². The van der Waals surface area contributed by atoms with Crippen molar-refractivity contribution in [3.05, 3.63) is 0 Å². The van der Waals surface area contributed by atoms with Crippen LogP contribution in [-0.2, 0) is 4.79 Å². The molecule has 0 radical (unpaired) electrons. The molecule has 0 unspecified atom stereocenters. The quantitative estimate of drug-likeness (QED) is 0.396. The SMILES string of the molecule is O=C(CCCC[C@@H]1SC[C@H]2NC(=O)N[C@H]12)NC1CCCCCC1. The maximum absolute atomic E-state index is 12.1. The maximum Gasteiger partial charge on any atom is 0.315 e. The van der Waals surface area contributed by atoms with Gasteiger partial charge in [0.2, 0.25) is 5.91 Å². The van der Waals surface area contributed by atoms with Crippen LogP contribution in [0.25, 0.3) is 0 Å². The molecule has 2 heterocycles. The molecule has 3 rings (SSSR count). The second-order valence-electron chi connectivity index (χ2n) is 7.12. The van der Waals surface area contributed by atoms with Crippen molar-refractivity contribution in [1.82, 2.24) is 16.0 Å². The lowest BCUT2D eigenvalue weighted by molar-refractivity contribution is -0.122. The predicted molar refractivity (Wildman–Crippen MR) is 93.6 cm³/mol. The molecule has 3 atom stereocenters. The lowest BCUT2D eigenvalue weighted by Crippen LogP contribution is -2.36. The fourth-order valence-electron chi connectivity index (χ4n) is 4.00. The second kappa shape index (κ2) is 8.27. The van der Waals surface area contributed by atoms with Gasteiger partial charge >= 0.3 is 6.03 Å². The summed E-state index contributed by atoms with van der Waals surface area (Å²) in [5.74, 6) is 1.24. The van der Waals surface area contributed by atoms with E-state index in [9.17, 15) is 9.59 Å². The average Bonchev–Trinajstić information content (AvgIpc) is 2.94. The Morgan fingerprint density at radius 2 is 1.91 bits per heavy atom. The Kier molecular flexibility index (Phi) is 6.08. The highest BCUT2D eigenvalue weighted by Crippen LogP contribution is 2.33. The van der Waals surface area contributed by atoms with Gasteiger partial charge in [-0.1, -0.05) is 32.1 Å². The molecule has 1 aliphatic carbocycles. The van der Waals surface area contributed by atoms with Crippen LogP contribution in [0.3, 0.4) is 0 Å². The zero-order valence-electron chi connectivity index (χ0n) is 13.8. The van der Waals surface area contributed by atoms with E-state index in [2.05, 4.69) is 16.0 Å². The largest absolute Gasteiger partial charge is 0.353 e. The van der Waals surface area contributed by atoms with Crippen molar-refractivity contribution in [1.29, 1.82) is 0 Å². The fraction of sp³-hybridized carbons (Fsp3) is 0.882. The number of rotatable bonds is 6. The molecule has 0 bridgehead atoms. The molecular formula is C17H29N3O2S. The van der Waals surface area contributed by atoms with E-state index in [0.717, 1.165) is 37.9 Å². The number of thioether (sulfide) groups is 1. The van der Waals surface area contributed by atoms with Gasteiger partial charge in [0.1, 0.15) is 0 Å². The minimum atomic E-state index is -0.0203. The zero-order valence-corrected chi connectivity index (χ0v) is 14.6. The first-order chi connectivity index (χ1) is 11.2. The van der Waals surface area contributed by atoms with Crippen molar-refractivity contribution < 1.29 is 9.59 Å². The molecule has 1 saturated carbocycles. The number of nitrogens with one attached hydrogen (secondary N) is 3. The molecule has 130 valence electrons. The maximum atomic E-state index is 12.1. The number of carbonyl (C=O) groups is 2. The fourth-order valence-corrected chi connectivity index (χ4v) is 5.54. The first-order valence-corrected chi connectivity index (χ1v) is 10.3. The van der Waals surface area contributed by atoms with E-state index in [1.807, 2.05) is 11.8 Å². The molecule has 0 aromatic heterocycles. The lowest BCUT2D eigenvalue weighted by atomic mass is 10.0. The summed E-state index contributed by atoms with van der Waals surface area (Å²) >= 11 is 1.95. The smallest absolute Gasteiger partial charge is 0.315 e. The van der Waals surface area contributed by atoms with Crippen LogP contribution < -0.4 is 16.0 Å². The van der Waals surface area contributed by atoms with Crippen LogP contribution in [0.15, 0.2) is 0 Å². The Bertz CT molecular complexity index is 424. The van der Waals surface area contributed by atoms with Gasteiger partial charge in [0.25, 0.3) is 0 Å². The molecule has 6 heteroatoms. The Labute approximate surface area is 143 Å². The minimum Gasteiger partial charge on any atom is -0.353 e. The summed E-state index contributed by atoms with van der Waals surface area (Å²) in [7, 11) is 0. The molecular weight excluding hydrogens is 310 g/mol. The van der Waals surface area contributed by atoms with Crippen LogP contribution in [0.2, 0.25) is 0 Å². The Hall–Kier alpha value is -0.910. The Morgan fingerprint density at radius 1 is 1.13 bits per heavy atom. The Morgan fingerprint density at radius 3 is 2.70 bits per heavy atom. The highest BCUT2D eigenvalue weighted by atomic mass is 32.2. The van der Waals surface area contributed by atoms with Gasteiger partial charge in [-0.25, -0.2) is 4.79 Å². The van der Waals surface area contributed by atoms with Crippen LogP contribution in [0.4, 0.5) is 4.79 Å². The van der Waals surface area contributed by atoms with Gasteiger partial charge in [-0.15, -0.1) is 0 Å². The number of carbonyl (C=O) groups excluding carboxylic acids is 2. The van der Waals surface area contributed by atoms with Gasteiger partial charge in [-0.05, 0) is 25.7 Å². The van der Waals surface area contributed by atoms with Crippen LogP contribution in [0.1, 0.15) is 64.2 Å². The number of hydrogen-bond donors (Lipinski definition) is 3. The molecule has 3 aliphatic rings. The average molecular weight is 340 g/mol. The van der Waals surface area contributed by atoms with E-state index in [-0.39, 0.29) is 18.0 Å². The molecule has 0 aromatic carbocycles. The predicted octanol–water partition coefficient (Wildman–Crippen LogP) is 2.55. The molecule has 3 amide bonds. The van der Waals surface area contributed by atoms with Crippen LogP contribution >= 0.6 is 11.8 Å². The molecule has 2 saturated heterocycles. The second-order valence-corrected chi connectivity index (χ2v) is 8.40. The first kappa shape index (κ1) is 16.9. The lowest BCUT2D eigenvalue weighted by Gasteiger charge is -2.17. The number of urea groups is 1. The topological polar surface area (TPSA) is 70.2 Å². The number of amides is 3. The van der Waals surface area contributed by atoms with Crippen LogP contribution in [-0.4, -0.2) is 41.1 Å². The molecule has 3 fully saturated rings. The van der Waals surface area contributed by atoms with Gasteiger partial charge in [-0.3, -0.25) is 4.79 Å². The highest BCUT2D eigenvalue weighted by molar-refractivity contribution is 8.00. The van der Waals surface area contributed by atoms with E-state index in [1.165, 1.54) is 25.7 Å². The van der Waals surface area contributed by atoms with Gasteiger partial charge in [0, 0.05) is 23.5 Å². The van der Waals surface area contributed by atoms with Gasteiger partial charge in [0.15, 0.2) is 0 Å². The van der Waals surface area contributed by atoms with Crippen molar-refractivity contribution >= 4 is 23.7 Å². The molecule has 3 N–H and O–H groups in total. The summed E-state index contributed by atoms with van der Waals surface area (Å²) in [5, 5.41) is 9.72. The summed E-state index contributed by atoms with van der Waals surface area (Å²) in [6.07, 6.45) is 11.2. The van der Waals surface area contributed by atoms with E-state index in [0.29, 0.717) is 23.8 Å². The molecule has 0 aromatic rings. The minimum absolute atomic E-state index is 0.0203. The number of unbranched alkanes of at least 4 members (excludes halogenated alkanes) is 1. The van der Waals surface area contributed by atoms with Crippen molar-refractivity contribution in [2.75, 3.05) is 5.75 Å². The van der Waals surface area contributed by atoms with Gasteiger partial charge < -0.3 is 16.0 Å². The number of fused-ring (bicyclic) bond motifs is 1. The van der Waals surface area contributed by atoms with Crippen LogP contribution in [0, 0.1) is 0 Å². The van der Waals surface area contributed by atoms with E-state index >= 15 is 0 Å². The standard InChI is InChI=1S/C17H29N3O2S/c21-15(18-12-7-3-1-2-4-8-12)10-6-5-9-14-16-13(11-23-14)19-17(22)20-16/h12-14,16H,1-11H2,(H,18,21)(H2,19,20,22)/t13-,14+,16+/m1/s1. The van der Waals surface area contributed by atoms with Crippen molar-refractivity contribution in [3.63, 3.8) is 0 Å². The summed E-state index contributed by atoms with van der Waals surface area (Å²) in [6, 6.07) is 0.979. The third-order valence-electron chi connectivity index (χ3n) is 5.30. The molecule has 2 aliphatic heterocycles. The molecule has 23 heavy (non-hydrogen) atoms. The normalized spacial score (nSPS) is 31.1. The third kappa shape index (κ3) is 4.78. The van der Waals surface area contributed by atoms with Gasteiger partial charge in [-0.2, -0.15) is 11.8 Å². The van der Waals surface area contributed by atoms with Crippen LogP contribution in [0.5, 0.6) is 0 Å². The Balaban J connectivity index is 1.29. The van der Waals surface area contributed by atoms with Crippen molar-refractivity contribution in [3.8, 4) is 0 Å². The summed E-state index contributed by atoms with van der Waals surface area (Å²) in [6.45, 7) is 0. The van der Waals surface area contributed by atoms with Crippen molar-refractivity contribution in [2.45, 2.75) is 87.6 Å². The van der Waals surface area contributed by atoms with E-state index in [4.69, 9.17) is 0 Å². The summed E-state index contributed by atoms with van der Waals surface area (Å²) < 4.78 is 0. The zero-order chi connectivity index (χ0) is 16.1. The number of hydrogen-bond acceptors (Lipinski definition) is 3. The van der Waals surface area contributed by atoms with Gasteiger partial charge in [0.05, 0.1) is 12.1 Å².